The van der Waals surface area contributed by atoms with Crippen LogP contribution in [0.1, 0.15) is 42.9 Å². The summed E-state index contributed by atoms with van der Waals surface area (Å²) < 4.78 is 19.1. The summed E-state index contributed by atoms with van der Waals surface area (Å²) in [5.41, 5.74) is 2.00. The van der Waals surface area contributed by atoms with Gasteiger partial charge in [0.25, 0.3) is 0 Å². The van der Waals surface area contributed by atoms with Crippen LogP contribution < -0.4 is 4.74 Å². The smallest absolute Gasteiger partial charge is 0.140 e. The molecule has 21 heavy (non-hydrogen) atoms. The maximum absolute atomic E-state index is 13.3. The van der Waals surface area contributed by atoms with Crippen molar-refractivity contribution in [2.45, 2.75) is 32.8 Å². The molecule has 0 saturated carbocycles. The van der Waals surface area contributed by atoms with E-state index in [9.17, 15) is 4.39 Å². The van der Waals surface area contributed by atoms with Gasteiger partial charge in [0.1, 0.15) is 24.2 Å². The van der Waals surface area contributed by atoms with Crippen LogP contribution >= 0.6 is 0 Å². The molecule has 0 aromatic heterocycles. The molecule has 0 fully saturated rings. The van der Waals surface area contributed by atoms with Crippen LogP contribution in [0.4, 0.5) is 4.39 Å². The molecule has 0 heterocycles. The molecule has 0 spiro atoms. The van der Waals surface area contributed by atoms with Crippen LogP contribution in [-0.2, 0) is 6.61 Å². The number of nitriles is 1. The van der Waals surface area contributed by atoms with Crippen LogP contribution in [-0.4, -0.2) is 0 Å². The number of hydrogen-bond acceptors (Lipinski definition) is 2. The number of para-hydroxylation sites is 1. The Morgan fingerprint density at radius 1 is 1.24 bits per heavy atom. The average Bonchev–Trinajstić information content (AvgIpc) is 2.53. The summed E-state index contributed by atoms with van der Waals surface area (Å²) in [6, 6.07) is 14.3. The number of benzene rings is 2. The second-order valence-corrected chi connectivity index (χ2v) is 5.06. The Morgan fingerprint density at radius 2 is 2.00 bits per heavy atom. The van der Waals surface area contributed by atoms with Crippen molar-refractivity contribution in [3.63, 3.8) is 0 Å². The van der Waals surface area contributed by atoms with Crippen LogP contribution in [0.25, 0.3) is 0 Å². The molecule has 0 aliphatic carbocycles. The van der Waals surface area contributed by atoms with Gasteiger partial charge in [-0.1, -0.05) is 38.1 Å². The Balaban J connectivity index is 2.15. The Morgan fingerprint density at radius 3 is 2.71 bits per heavy atom. The predicted octanol–water partition coefficient (Wildman–Crippen LogP) is 4.79. The fourth-order valence-corrected chi connectivity index (χ4v) is 2.15. The maximum atomic E-state index is 13.3. The third kappa shape index (κ3) is 3.61. The molecule has 0 aliphatic heterocycles. The highest BCUT2D eigenvalue weighted by atomic mass is 19.1. The maximum Gasteiger partial charge on any atom is 0.140 e. The van der Waals surface area contributed by atoms with E-state index in [0.717, 1.165) is 17.7 Å². The largest absolute Gasteiger partial charge is 0.489 e. The van der Waals surface area contributed by atoms with Gasteiger partial charge in [0.05, 0.1) is 5.56 Å². The summed E-state index contributed by atoms with van der Waals surface area (Å²) in [4.78, 5) is 0. The Hall–Kier alpha value is -2.34. The van der Waals surface area contributed by atoms with Gasteiger partial charge in [-0.05, 0) is 41.7 Å². The first kappa shape index (κ1) is 15.1. The van der Waals surface area contributed by atoms with Gasteiger partial charge in [-0.3, -0.25) is 0 Å². The molecule has 0 amide bonds. The summed E-state index contributed by atoms with van der Waals surface area (Å²) in [7, 11) is 0. The molecule has 3 heteroatoms. The van der Waals surface area contributed by atoms with E-state index in [2.05, 4.69) is 19.9 Å². The van der Waals surface area contributed by atoms with Crippen molar-refractivity contribution in [3.05, 3.63) is 65.0 Å². The number of rotatable bonds is 5. The van der Waals surface area contributed by atoms with E-state index < -0.39 is 5.82 Å². The van der Waals surface area contributed by atoms with Gasteiger partial charge in [-0.2, -0.15) is 5.26 Å². The van der Waals surface area contributed by atoms with E-state index in [1.165, 1.54) is 17.7 Å². The van der Waals surface area contributed by atoms with Gasteiger partial charge < -0.3 is 4.74 Å². The lowest BCUT2D eigenvalue weighted by molar-refractivity contribution is 0.301. The van der Waals surface area contributed by atoms with Crippen LogP contribution in [0.5, 0.6) is 5.75 Å². The van der Waals surface area contributed by atoms with Crippen LogP contribution in [0.3, 0.4) is 0 Å². The SMILES string of the molecule is CCC(C)c1ccccc1OCc1ccc(F)c(C#N)c1. The molecule has 108 valence electrons. The monoisotopic (exact) mass is 283 g/mol. The first-order valence-corrected chi connectivity index (χ1v) is 7.06. The molecule has 2 nitrogen and oxygen atoms in total. The van der Waals surface area contributed by atoms with E-state index in [-0.39, 0.29) is 5.56 Å². The van der Waals surface area contributed by atoms with Crippen LogP contribution in [0.2, 0.25) is 0 Å². The van der Waals surface area contributed by atoms with Crippen molar-refractivity contribution >= 4 is 0 Å². The lowest BCUT2D eigenvalue weighted by Crippen LogP contribution is -2.01. The molecule has 0 radical (unpaired) electrons. The second kappa shape index (κ2) is 6.90. The number of ether oxygens (including phenoxy) is 1. The molecule has 2 rings (SSSR count). The summed E-state index contributed by atoms with van der Waals surface area (Å²) in [6.45, 7) is 4.62. The van der Waals surface area contributed by atoms with E-state index >= 15 is 0 Å². The summed E-state index contributed by atoms with van der Waals surface area (Å²) >= 11 is 0. The molecule has 0 aliphatic rings. The lowest BCUT2D eigenvalue weighted by Gasteiger charge is -2.15. The quantitative estimate of drug-likeness (QED) is 0.790. The van der Waals surface area contributed by atoms with Gasteiger partial charge in [-0.25, -0.2) is 4.39 Å². The topological polar surface area (TPSA) is 33.0 Å². The average molecular weight is 283 g/mol. The van der Waals surface area contributed by atoms with Gasteiger partial charge in [0, 0.05) is 0 Å². The number of nitrogens with zero attached hydrogens (tertiary/aromatic N) is 1. The minimum atomic E-state index is -0.499. The van der Waals surface area contributed by atoms with E-state index in [0.29, 0.717) is 12.5 Å². The van der Waals surface area contributed by atoms with Crippen molar-refractivity contribution in [1.82, 2.24) is 0 Å². The third-order valence-electron chi connectivity index (χ3n) is 3.61. The van der Waals surface area contributed by atoms with E-state index in [1.54, 1.807) is 6.07 Å². The van der Waals surface area contributed by atoms with Crippen LogP contribution in [0, 0.1) is 17.1 Å². The molecule has 2 aromatic rings. The van der Waals surface area contributed by atoms with Crippen molar-refractivity contribution in [2.24, 2.45) is 0 Å². The highest BCUT2D eigenvalue weighted by molar-refractivity contribution is 5.37. The molecular formula is C18H18FNO. The number of halogens is 1. The van der Waals surface area contributed by atoms with Gasteiger partial charge in [0.2, 0.25) is 0 Å². The summed E-state index contributed by atoms with van der Waals surface area (Å²) in [5, 5.41) is 8.85. The molecule has 1 unspecified atom stereocenters. The molecular weight excluding hydrogens is 265 g/mol. The van der Waals surface area contributed by atoms with E-state index in [4.69, 9.17) is 10.00 Å². The molecule has 0 N–H and O–H groups in total. The van der Waals surface area contributed by atoms with Gasteiger partial charge in [-0.15, -0.1) is 0 Å². The fourth-order valence-electron chi connectivity index (χ4n) is 2.15. The zero-order valence-electron chi connectivity index (χ0n) is 12.3. The molecule has 0 bridgehead atoms. The first-order chi connectivity index (χ1) is 10.2. The highest BCUT2D eigenvalue weighted by Crippen LogP contribution is 2.29. The minimum absolute atomic E-state index is 0.0475. The Labute approximate surface area is 124 Å². The highest BCUT2D eigenvalue weighted by Gasteiger charge is 2.10. The second-order valence-electron chi connectivity index (χ2n) is 5.06. The van der Waals surface area contributed by atoms with Crippen molar-refractivity contribution in [2.75, 3.05) is 0 Å². The third-order valence-corrected chi connectivity index (χ3v) is 3.61. The van der Waals surface area contributed by atoms with Gasteiger partial charge >= 0.3 is 0 Å². The number of hydrogen-bond donors (Lipinski definition) is 0. The lowest BCUT2D eigenvalue weighted by atomic mass is 9.98. The fraction of sp³-hybridized carbons (Fsp3) is 0.278. The normalized spacial score (nSPS) is 11.7. The first-order valence-electron chi connectivity index (χ1n) is 7.06. The van der Waals surface area contributed by atoms with Crippen molar-refractivity contribution in [1.29, 1.82) is 5.26 Å². The standard InChI is InChI=1S/C18H18FNO/c1-3-13(2)16-6-4-5-7-18(16)21-12-14-8-9-17(19)15(10-14)11-20/h4-10,13H,3,12H2,1-2H3. The van der Waals surface area contributed by atoms with Gasteiger partial charge in [0.15, 0.2) is 0 Å². The van der Waals surface area contributed by atoms with Crippen molar-refractivity contribution in [3.8, 4) is 11.8 Å². The minimum Gasteiger partial charge on any atom is -0.489 e. The Bertz CT molecular complexity index is 661. The predicted molar refractivity (Wildman–Crippen MR) is 80.6 cm³/mol. The summed E-state index contributed by atoms with van der Waals surface area (Å²) in [6.07, 6.45) is 1.04. The zero-order chi connectivity index (χ0) is 15.2. The van der Waals surface area contributed by atoms with E-state index in [1.807, 2.05) is 24.3 Å². The summed E-state index contributed by atoms with van der Waals surface area (Å²) in [5.74, 6) is 0.764. The Kier molecular flexibility index (Phi) is 4.94. The molecule has 0 saturated heterocycles. The van der Waals surface area contributed by atoms with Crippen LogP contribution in [0.15, 0.2) is 42.5 Å². The van der Waals surface area contributed by atoms with Crippen molar-refractivity contribution < 1.29 is 9.13 Å². The molecule has 1 atom stereocenters. The molecule has 2 aromatic carbocycles. The zero-order valence-corrected chi connectivity index (χ0v) is 12.3.